The number of carbonyl (C=O) groups excluding carboxylic acids is 2. The van der Waals surface area contributed by atoms with Gasteiger partial charge in [0.05, 0.1) is 7.11 Å². The van der Waals surface area contributed by atoms with E-state index in [9.17, 15) is 9.59 Å². The van der Waals surface area contributed by atoms with Crippen LogP contribution in [0, 0.1) is 6.92 Å². The Morgan fingerprint density at radius 3 is 2.46 bits per heavy atom. The highest BCUT2D eigenvalue weighted by Gasteiger charge is 2.25. The summed E-state index contributed by atoms with van der Waals surface area (Å²) in [6.07, 6.45) is 1.01. The molecule has 1 unspecified atom stereocenters. The fourth-order valence-corrected chi connectivity index (χ4v) is 3.02. The van der Waals surface area contributed by atoms with Crippen LogP contribution in [0.4, 0.5) is 0 Å². The van der Waals surface area contributed by atoms with Gasteiger partial charge in [0.2, 0.25) is 11.8 Å². The van der Waals surface area contributed by atoms with Crippen LogP contribution >= 0.6 is 0 Å². The fourth-order valence-electron chi connectivity index (χ4n) is 3.02. The topological polar surface area (TPSA) is 58.6 Å². The van der Waals surface area contributed by atoms with Crippen LogP contribution in [-0.4, -0.2) is 36.4 Å². The first-order chi connectivity index (χ1) is 13.4. The van der Waals surface area contributed by atoms with Gasteiger partial charge >= 0.3 is 0 Å². The van der Waals surface area contributed by atoms with Crippen LogP contribution in [0.1, 0.15) is 37.0 Å². The Bertz CT molecular complexity index is 787. The average Bonchev–Trinajstić information content (AvgIpc) is 2.71. The lowest BCUT2D eigenvalue weighted by molar-refractivity contribution is -0.140. The summed E-state index contributed by atoms with van der Waals surface area (Å²) in [5, 5.41) is 2.81. The van der Waals surface area contributed by atoms with Gasteiger partial charge in [0.1, 0.15) is 11.8 Å². The molecule has 0 aliphatic rings. The van der Waals surface area contributed by atoms with Crippen LogP contribution in [-0.2, 0) is 22.6 Å². The van der Waals surface area contributed by atoms with Crippen molar-refractivity contribution in [1.82, 2.24) is 10.2 Å². The maximum absolute atomic E-state index is 13.0. The molecule has 5 nitrogen and oxygen atoms in total. The number of nitrogens with one attached hydrogen (secondary N) is 1. The molecule has 0 heterocycles. The fraction of sp³-hybridized carbons (Fsp3) is 0.391. The number of ether oxygens (including phenoxy) is 1. The Morgan fingerprint density at radius 2 is 1.82 bits per heavy atom. The van der Waals surface area contributed by atoms with Crippen molar-refractivity contribution in [2.24, 2.45) is 0 Å². The maximum Gasteiger partial charge on any atom is 0.242 e. The van der Waals surface area contributed by atoms with Crippen molar-refractivity contribution in [3.63, 3.8) is 0 Å². The first-order valence-electron chi connectivity index (χ1n) is 9.70. The molecule has 0 radical (unpaired) electrons. The minimum Gasteiger partial charge on any atom is -0.497 e. The number of likely N-dealkylation sites (N-methyl/N-ethyl adjacent to an activating group) is 1. The van der Waals surface area contributed by atoms with Crippen molar-refractivity contribution in [3.8, 4) is 5.75 Å². The van der Waals surface area contributed by atoms with Crippen LogP contribution in [0.15, 0.2) is 48.5 Å². The number of methoxy groups -OCH3 is 1. The van der Waals surface area contributed by atoms with Gasteiger partial charge in [-0.25, -0.2) is 0 Å². The maximum atomic E-state index is 13.0. The van der Waals surface area contributed by atoms with Crippen molar-refractivity contribution in [3.05, 3.63) is 65.2 Å². The lowest BCUT2D eigenvalue weighted by Crippen LogP contribution is -2.47. The predicted molar refractivity (Wildman–Crippen MR) is 111 cm³/mol. The lowest BCUT2D eigenvalue weighted by Gasteiger charge is -2.29. The number of aryl methyl sites for hydroxylation is 2. The Hall–Kier alpha value is -2.82. The smallest absolute Gasteiger partial charge is 0.242 e. The normalized spacial score (nSPS) is 11.6. The predicted octanol–water partition coefficient (Wildman–Crippen LogP) is 3.49. The summed E-state index contributed by atoms with van der Waals surface area (Å²) in [5.74, 6) is 0.548. The van der Waals surface area contributed by atoms with Crippen LogP contribution < -0.4 is 10.1 Å². The number of hydrogen-bond donors (Lipinski definition) is 1. The molecule has 5 heteroatoms. The van der Waals surface area contributed by atoms with Gasteiger partial charge in [-0.2, -0.15) is 0 Å². The molecule has 0 bridgehead atoms. The molecule has 0 aromatic heterocycles. The molecule has 0 spiro atoms. The highest BCUT2D eigenvalue weighted by molar-refractivity contribution is 5.87. The Balaban J connectivity index is 2.14. The summed E-state index contributed by atoms with van der Waals surface area (Å²) in [5.41, 5.74) is 3.24. The lowest BCUT2D eigenvalue weighted by atomic mass is 10.1. The van der Waals surface area contributed by atoms with Gasteiger partial charge in [-0.15, -0.1) is 0 Å². The van der Waals surface area contributed by atoms with E-state index in [4.69, 9.17) is 4.74 Å². The molecule has 28 heavy (non-hydrogen) atoms. The van der Waals surface area contributed by atoms with Gasteiger partial charge in [0.15, 0.2) is 0 Å². The standard InChI is InChI=1S/C23H30N2O3/c1-5-24-23(27)18(3)25(16-20-7-6-8-21(15-20)28-4)22(26)14-13-19-11-9-17(2)10-12-19/h6-12,15,18H,5,13-14,16H2,1-4H3,(H,24,27). The van der Waals surface area contributed by atoms with Gasteiger partial charge < -0.3 is 15.0 Å². The van der Waals surface area contributed by atoms with E-state index >= 15 is 0 Å². The molecule has 0 saturated carbocycles. The zero-order valence-corrected chi connectivity index (χ0v) is 17.2. The molecule has 1 atom stereocenters. The first kappa shape index (κ1) is 21.5. The third-order valence-electron chi connectivity index (χ3n) is 4.75. The minimum absolute atomic E-state index is 0.0397. The second-order valence-corrected chi connectivity index (χ2v) is 6.93. The van der Waals surface area contributed by atoms with E-state index < -0.39 is 6.04 Å². The molecule has 1 N–H and O–H groups in total. The van der Waals surface area contributed by atoms with E-state index in [0.29, 0.717) is 25.9 Å². The molecule has 0 aliphatic heterocycles. The zero-order valence-electron chi connectivity index (χ0n) is 17.2. The summed E-state index contributed by atoms with van der Waals surface area (Å²) < 4.78 is 5.28. The van der Waals surface area contributed by atoms with Gasteiger partial charge in [0.25, 0.3) is 0 Å². The van der Waals surface area contributed by atoms with Crippen molar-refractivity contribution >= 4 is 11.8 Å². The molecule has 2 rings (SSSR count). The van der Waals surface area contributed by atoms with Crippen molar-refractivity contribution in [2.45, 2.75) is 46.2 Å². The Labute approximate surface area is 167 Å². The van der Waals surface area contributed by atoms with Gasteiger partial charge in [-0.3, -0.25) is 9.59 Å². The largest absolute Gasteiger partial charge is 0.497 e. The quantitative estimate of drug-likeness (QED) is 0.722. The molecular weight excluding hydrogens is 352 g/mol. The van der Waals surface area contributed by atoms with Crippen LogP contribution in [0.25, 0.3) is 0 Å². The molecule has 2 aromatic rings. The van der Waals surface area contributed by atoms with Crippen molar-refractivity contribution in [1.29, 1.82) is 0 Å². The second kappa shape index (κ2) is 10.5. The SMILES string of the molecule is CCNC(=O)C(C)N(Cc1cccc(OC)c1)C(=O)CCc1ccc(C)cc1. The molecule has 0 fully saturated rings. The number of rotatable bonds is 9. The van der Waals surface area contributed by atoms with Crippen molar-refractivity contribution < 1.29 is 14.3 Å². The molecular formula is C23H30N2O3. The van der Waals surface area contributed by atoms with E-state index in [1.54, 1.807) is 18.9 Å². The van der Waals surface area contributed by atoms with E-state index in [1.165, 1.54) is 5.56 Å². The van der Waals surface area contributed by atoms with E-state index in [1.807, 2.05) is 62.4 Å². The molecule has 150 valence electrons. The molecule has 2 aromatic carbocycles. The van der Waals surface area contributed by atoms with Crippen molar-refractivity contribution in [2.75, 3.05) is 13.7 Å². The Kier molecular flexibility index (Phi) is 8.05. The molecule has 2 amide bonds. The zero-order chi connectivity index (χ0) is 20.5. The average molecular weight is 383 g/mol. The number of carbonyl (C=O) groups is 2. The summed E-state index contributed by atoms with van der Waals surface area (Å²) >= 11 is 0. The number of hydrogen-bond acceptors (Lipinski definition) is 3. The third kappa shape index (κ3) is 6.12. The first-order valence-corrected chi connectivity index (χ1v) is 9.70. The monoisotopic (exact) mass is 382 g/mol. The molecule has 0 saturated heterocycles. The van der Waals surface area contributed by atoms with Crippen LogP contribution in [0.2, 0.25) is 0 Å². The number of nitrogens with zero attached hydrogens (tertiary/aromatic N) is 1. The van der Waals surface area contributed by atoms with Crippen LogP contribution in [0.3, 0.4) is 0 Å². The summed E-state index contributed by atoms with van der Waals surface area (Å²) in [6.45, 7) is 6.58. The minimum atomic E-state index is -0.545. The van der Waals surface area contributed by atoms with E-state index in [2.05, 4.69) is 5.32 Å². The number of benzene rings is 2. The summed E-state index contributed by atoms with van der Waals surface area (Å²) in [7, 11) is 1.61. The highest BCUT2D eigenvalue weighted by Crippen LogP contribution is 2.17. The Morgan fingerprint density at radius 1 is 1.11 bits per heavy atom. The van der Waals surface area contributed by atoms with Crippen LogP contribution in [0.5, 0.6) is 5.75 Å². The molecule has 0 aliphatic carbocycles. The second-order valence-electron chi connectivity index (χ2n) is 6.93. The van der Waals surface area contributed by atoms with Gasteiger partial charge in [-0.05, 0) is 50.5 Å². The van der Waals surface area contributed by atoms with E-state index in [0.717, 1.165) is 16.9 Å². The summed E-state index contributed by atoms with van der Waals surface area (Å²) in [6, 6.07) is 15.2. The third-order valence-corrected chi connectivity index (χ3v) is 4.75. The van der Waals surface area contributed by atoms with Gasteiger partial charge in [-0.1, -0.05) is 42.0 Å². The van der Waals surface area contributed by atoms with E-state index in [-0.39, 0.29) is 11.8 Å². The summed E-state index contributed by atoms with van der Waals surface area (Å²) in [4.78, 5) is 27.0. The van der Waals surface area contributed by atoms with Gasteiger partial charge in [0, 0.05) is 19.5 Å². The number of amides is 2. The highest BCUT2D eigenvalue weighted by atomic mass is 16.5.